The maximum absolute atomic E-state index is 11.7. The second kappa shape index (κ2) is 6.57. The summed E-state index contributed by atoms with van der Waals surface area (Å²) in [6.07, 6.45) is 1.04. The van der Waals surface area contributed by atoms with Gasteiger partial charge in [-0.3, -0.25) is 4.79 Å². The summed E-state index contributed by atoms with van der Waals surface area (Å²) < 4.78 is 10.0. The number of esters is 1. The van der Waals surface area contributed by atoms with E-state index in [2.05, 4.69) is 0 Å². The van der Waals surface area contributed by atoms with Gasteiger partial charge in [-0.05, 0) is 24.1 Å². The standard InChI is InChI=1S/C15H23NO3/c1-5-13(16)15(2,10-14(17)19-4)11-7-6-8-12(9-11)18-3/h6-9,13H,5,10,16H2,1-4H3. The summed E-state index contributed by atoms with van der Waals surface area (Å²) >= 11 is 0. The van der Waals surface area contributed by atoms with Gasteiger partial charge in [-0.25, -0.2) is 0 Å². The van der Waals surface area contributed by atoms with E-state index < -0.39 is 5.41 Å². The highest BCUT2D eigenvalue weighted by atomic mass is 16.5. The molecule has 0 aromatic heterocycles. The lowest BCUT2D eigenvalue weighted by molar-refractivity contribution is -0.142. The molecule has 0 radical (unpaired) electrons. The molecule has 2 N–H and O–H groups in total. The fourth-order valence-corrected chi connectivity index (χ4v) is 2.25. The van der Waals surface area contributed by atoms with Crippen LogP contribution < -0.4 is 10.5 Å². The number of carbonyl (C=O) groups excluding carboxylic acids is 1. The second-order valence-electron chi connectivity index (χ2n) is 4.92. The van der Waals surface area contributed by atoms with Crippen LogP contribution >= 0.6 is 0 Å². The van der Waals surface area contributed by atoms with Crippen LogP contribution in [0.25, 0.3) is 0 Å². The van der Waals surface area contributed by atoms with Crippen LogP contribution in [-0.2, 0) is 14.9 Å². The molecule has 2 unspecified atom stereocenters. The highest BCUT2D eigenvalue weighted by Crippen LogP contribution is 2.34. The minimum atomic E-state index is -0.462. The number of hydrogen-bond donors (Lipinski definition) is 1. The van der Waals surface area contributed by atoms with Gasteiger partial charge in [-0.1, -0.05) is 26.0 Å². The number of carbonyl (C=O) groups is 1. The van der Waals surface area contributed by atoms with Crippen molar-refractivity contribution in [3.05, 3.63) is 29.8 Å². The molecule has 0 aliphatic heterocycles. The quantitative estimate of drug-likeness (QED) is 0.801. The molecular formula is C15H23NO3. The van der Waals surface area contributed by atoms with Crippen LogP contribution in [0.2, 0.25) is 0 Å². The number of methoxy groups -OCH3 is 2. The van der Waals surface area contributed by atoms with Gasteiger partial charge in [0.1, 0.15) is 5.75 Å². The second-order valence-corrected chi connectivity index (χ2v) is 4.92. The Kier molecular flexibility index (Phi) is 5.36. The Bertz CT molecular complexity index is 433. The van der Waals surface area contributed by atoms with Crippen molar-refractivity contribution in [3.8, 4) is 5.75 Å². The smallest absolute Gasteiger partial charge is 0.306 e. The number of hydrogen-bond acceptors (Lipinski definition) is 4. The SMILES string of the molecule is CCC(N)C(C)(CC(=O)OC)c1cccc(OC)c1. The highest BCUT2D eigenvalue weighted by Gasteiger charge is 2.35. The van der Waals surface area contributed by atoms with E-state index >= 15 is 0 Å². The number of nitrogens with two attached hydrogens (primary N) is 1. The van der Waals surface area contributed by atoms with Crippen LogP contribution in [0.5, 0.6) is 5.75 Å². The van der Waals surface area contributed by atoms with Crippen molar-refractivity contribution in [2.75, 3.05) is 14.2 Å². The molecule has 2 atom stereocenters. The average molecular weight is 265 g/mol. The maximum Gasteiger partial charge on any atom is 0.306 e. The lowest BCUT2D eigenvalue weighted by Crippen LogP contribution is -2.44. The molecule has 0 saturated carbocycles. The largest absolute Gasteiger partial charge is 0.497 e. The molecule has 1 aromatic rings. The molecule has 0 saturated heterocycles. The van der Waals surface area contributed by atoms with Gasteiger partial charge < -0.3 is 15.2 Å². The van der Waals surface area contributed by atoms with E-state index in [0.717, 1.165) is 17.7 Å². The Labute approximate surface area is 114 Å². The fraction of sp³-hybridized carbons (Fsp3) is 0.533. The van der Waals surface area contributed by atoms with E-state index in [9.17, 15) is 4.79 Å². The molecule has 19 heavy (non-hydrogen) atoms. The molecular weight excluding hydrogens is 242 g/mol. The first-order valence-electron chi connectivity index (χ1n) is 6.44. The van der Waals surface area contributed by atoms with E-state index in [1.165, 1.54) is 7.11 Å². The third-order valence-electron chi connectivity index (χ3n) is 3.73. The Hall–Kier alpha value is -1.55. The third kappa shape index (κ3) is 3.47. The Morgan fingerprint density at radius 1 is 1.42 bits per heavy atom. The van der Waals surface area contributed by atoms with Crippen molar-refractivity contribution in [2.24, 2.45) is 5.73 Å². The van der Waals surface area contributed by atoms with Crippen LogP contribution in [-0.4, -0.2) is 26.2 Å². The first-order valence-corrected chi connectivity index (χ1v) is 6.44. The van der Waals surface area contributed by atoms with Crippen molar-refractivity contribution in [2.45, 2.75) is 38.1 Å². The minimum absolute atomic E-state index is 0.126. The van der Waals surface area contributed by atoms with Gasteiger partial charge in [0.15, 0.2) is 0 Å². The zero-order valence-electron chi connectivity index (χ0n) is 12.1. The number of benzene rings is 1. The summed E-state index contributed by atoms with van der Waals surface area (Å²) in [5.74, 6) is 0.506. The van der Waals surface area contributed by atoms with Crippen LogP contribution in [0, 0.1) is 0 Å². The van der Waals surface area contributed by atoms with Crippen molar-refractivity contribution in [1.82, 2.24) is 0 Å². The van der Waals surface area contributed by atoms with E-state index in [0.29, 0.717) is 0 Å². The van der Waals surface area contributed by atoms with Gasteiger partial charge in [0.05, 0.1) is 20.6 Å². The molecule has 106 valence electrons. The van der Waals surface area contributed by atoms with Crippen molar-refractivity contribution in [1.29, 1.82) is 0 Å². The zero-order valence-corrected chi connectivity index (χ0v) is 12.1. The third-order valence-corrected chi connectivity index (χ3v) is 3.73. The van der Waals surface area contributed by atoms with Gasteiger partial charge in [-0.2, -0.15) is 0 Å². The van der Waals surface area contributed by atoms with Gasteiger partial charge in [0, 0.05) is 11.5 Å². The molecule has 4 nitrogen and oxygen atoms in total. The normalized spacial score (nSPS) is 15.4. The molecule has 0 fully saturated rings. The molecule has 0 heterocycles. The summed E-state index contributed by atoms with van der Waals surface area (Å²) in [5, 5.41) is 0. The maximum atomic E-state index is 11.7. The summed E-state index contributed by atoms with van der Waals surface area (Å²) in [5.41, 5.74) is 6.76. The van der Waals surface area contributed by atoms with Gasteiger partial charge >= 0.3 is 5.97 Å². The summed E-state index contributed by atoms with van der Waals surface area (Å²) in [6, 6.07) is 7.56. The lowest BCUT2D eigenvalue weighted by Gasteiger charge is -2.35. The molecule has 0 spiro atoms. The molecule has 0 aliphatic rings. The lowest BCUT2D eigenvalue weighted by atomic mass is 9.72. The minimum Gasteiger partial charge on any atom is -0.497 e. The van der Waals surface area contributed by atoms with Gasteiger partial charge in [0.2, 0.25) is 0 Å². The van der Waals surface area contributed by atoms with Gasteiger partial charge in [0.25, 0.3) is 0 Å². The Morgan fingerprint density at radius 3 is 2.63 bits per heavy atom. The predicted octanol–water partition coefficient (Wildman–Crippen LogP) is 2.25. The van der Waals surface area contributed by atoms with Crippen molar-refractivity contribution < 1.29 is 14.3 Å². The number of ether oxygens (including phenoxy) is 2. The molecule has 0 bridgehead atoms. The van der Waals surface area contributed by atoms with E-state index in [1.807, 2.05) is 38.1 Å². The van der Waals surface area contributed by atoms with E-state index in [4.69, 9.17) is 15.2 Å². The van der Waals surface area contributed by atoms with Gasteiger partial charge in [-0.15, -0.1) is 0 Å². The molecule has 1 rings (SSSR count). The summed E-state index contributed by atoms with van der Waals surface area (Å²) in [7, 11) is 3.02. The molecule has 0 aliphatic carbocycles. The number of rotatable bonds is 6. The fourth-order valence-electron chi connectivity index (χ4n) is 2.25. The summed E-state index contributed by atoms with van der Waals surface area (Å²) in [4.78, 5) is 11.7. The first kappa shape index (κ1) is 15.5. The average Bonchev–Trinajstić information content (AvgIpc) is 2.45. The van der Waals surface area contributed by atoms with Crippen LogP contribution in [0.1, 0.15) is 32.3 Å². The monoisotopic (exact) mass is 265 g/mol. The van der Waals surface area contributed by atoms with Crippen molar-refractivity contribution in [3.63, 3.8) is 0 Å². The Balaban J connectivity index is 3.17. The van der Waals surface area contributed by atoms with Crippen molar-refractivity contribution >= 4 is 5.97 Å². The summed E-state index contributed by atoms with van der Waals surface area (Å²) in [6.45, 7) is 4.01. The topological polar surface area (TPSA) is 61.6 Å². The van der Waals surface area contributed by atoms with Crippen LogP contribution in [0.4, 0.5) is 0 Å². The zero-order chi connectivity index (χ0) is 14.5. The highest BCUT2D eigenvalue weighted by molar-refractivity contribution is 5.71. The van der Waals surface area contributed by atoms with E-state index in [-0.39, 0.29) is 18.4 Å². The first-order chi connectivity index (χ1) is 8.97. The van der Waals surface area contributed by atoms with Crippen LogP contribution in [0.3, 0.4) is 0 Å². The van der Waals surface area contributed by atoms with E-state index in [1.54, 1.807) is 7.11 Å². The molecule has 1 aromatic carbocycles. The molecule has 0 amide bonds. The Morgan fingerprint density at radius 2 is 2.11 bits per heavy atom. The molecule has 4 heteroatoms. The van der Waals surface area contributed by atoms with Crippen LogP contribution in [0.15, 0.2) is 24.3 Å². The predicted molar refractivity (Wildman–Crippen MR) is 75.2 cm³/mol.